The zero-order chi connectivity index (χ0) is 16.8. The summed E-state index contributed by atoms with van der Waals surface area (Å²) in [6.45, 7) is 5.42. The van der Waals surface area contributed by atoms with Gasteiger partial charge in [0.25, 0.3) is 0 Å². The van der Waals surface area contributed by atoms with E-state index in [-0.39, 0.29) is 30.3 Å². The van der Waals surface area contributed by atoms with Crippen LogP contribution in [0.15, 0.2) is 24.3 Å². The lowest BCUT2D eigenvalue weighted by Gasteiger charge is -2.32. The molecule has 1 heterocycles. The van der Waals surface area contributed by atoms with E-state index in [1.54, 1.807) is 0 Å². The molecule has 6 heteroatoms. The highest BCUT2D eigenvalue weighted by molar-refractivity contribution is 5.85. The molecule has 2 N–H and O–H groups in total. The molecule has 0 spiro atoms. The third-order valence-electron chi connectivity index (χ3n) is 4.49. The maximum Gasteiger partial charge on any atom is 0.224 e. The molecule has 1 atom stereocenters. The lowest BCUT2D eigenvalue weighted by molar-refractivity contribution is -0.133. The second kappa shape index (κ2) is 9.64. The number of hydrogen-bond acceptors (Lipinski definition) is 3. The molecule has 134 valence electrons. The summed E-state index contributed by atoms with van der Waals surface area (Å²) in [6, 6.07) is 7.99. The van der Waals surface area contributed by atoms with Crippen LogP contribution in [0.5, 0.6) is 0 Å². The van der Waals surface area contributed by atoms with Crippen molar-refractivity contribution in [3.05, 3.63) is 35.4 Å². The summed E-state index contributed by atoms with van der Waals surface area (Å²) in [5, 5.41) is 6.22. The number of benzene rings is 1. The largest absolute Gasteiger partial charge is 0.349 e. The average molecular weight is 354 g/mol. The van der Waals surface area contributed by atoms with E-state index in [1.807, 2.05) is 43.1 Å². The number of nitrogens with one attached hydrogen (secondary N) is 2. The minimum atomic E-state index is -0.273. The number of amides is 2. The van der Waals surface area contributed by atoms with Crippen LogP contribution in [0.3, 0.4) is 0 Å². The quantitative estimate of drug-likeness (QED) is 0.853. The van der Waals surface area contributed by atoms with E-state index in [2.05, 4.69) is 10.6 Å². The number of hydrogen-bond donors (Lipinski definition) is 2. The van der Waals surface area contributed by atoms with E-state index in [9.17, 15) is 9.59 Å². The molecule has 1 aliphatic heterocycles. The Morgan fingerprint density at radius 1 is 1.25 bits per heavy atom. The second-order valence-electron chi connectivity index (χ2n) is 6.35. The molecular formula is C18H28ClN3O2. The summed E-state index contributed by atoms with van der Waals surface area (Å²) in [5.74, 6) is -0.0379. The van der Waals surface area contributed by atoms with Crippen LogP contribution in [0.2, 0.25) is 0 Å². The van der Waals surface area contributed by atoms with E-state index in [0.717, 1.165) is 37.1 Å². The topological polar surface area (TPSA) is 61.4 Å². The molecule has 1 saturated heterocycles. The molecule has 0 radical (unpaired) electrons. The molecule has 0 aromatic heterocycles. The van der Waals surface area contributed by atoms with Gasteiger partial charge in [-0.2, -0.15) is 0 Å². The van der Waals surface area contributed by atoms with Gasteiger partial charge in [0.05, 0.1) is 12.5 Å². The molecule has 5 nitrogen and oxygen atoms in total. The van der Waals surface area contributed by atoms with Crippen LogP contribution in [0, 0.1) is 6.92 Å². The van der Waals surface area contributed by atoms with Crippen LogP contribution in [0.1, 0.15) is 43.4 Å². The Kier molecular flexibility index (Phi) is 8.22. The Labute approximate surface area is 150 Å². The van der Waals surface area contributed by atoms with Crippen molar-refractivity contribution in [3.8, 4) is 0 Å². The van der Waals surface area contributed by atoms with Gasteiger partial charge in [-0.15, -0.1) is 12.4 Å². The first-order valence-corrected chi connectivity index (χ1v) is 8.27. The van der Waals surface area contributed by atoms with E-state index >= 15 is 0 Å². The van der Waals surface area contributed by atoms with Crippen LogP contribution in [-0.4, -0.2) is 42.9 Å². The molecule has 0 saturated carbocycles. The average Bonchev–Trinajstić information content (AvgIpc) is 2.54. The molecule has 0 bridgehead atoms. The van der Waals surface area contributed by atoms with Crippen molar-refractivity contribution in [2.45, 2.75) is 45.2 Å². The lowest BCUT2D eigenvalue weighted by atomic mass is 10.00. The minimum absolute atomic E-state index is 0. The Bertz CT molecular complexity index is 542. The first kappa shape index (κ1) is 20.5. The molecule has 24 heavy (non-hydrogen) atoms. The van der Waals surface area contributed by atoms with E-state index < -0.39 is 0 Å². The van der Waals surface area contributed by atoms with Gasteiger partial charge < -0.3 is 15.5 Å². The monoisotopic (exact) mass is 353 g/mol. The molecule has 1 aromatic carbocycles. The molecular weight excluding hydrogens is 326 g/mol. The Morgan fingerprint density at radius 3 is 2.38 bits per heavy atom. The number of carbonyl (C=O) groups excluding carboxylic acids is 2. The molecule has 1 aliphatic rings. The fraction of sp³-hybridized carbons (Fsp3) is 0.556. The zero-order valence-electron chi connectivity index (χ0n) is 14.7. The van der Waals surface area contributed by atoms with Crippen LogP contribution >= 0.6 is 12.4 Å². The summed E-state index contributed by atoms with van der Waals surface area (Å²) in [4.78, 5) is 26.0. The van der Waals surface area contributed by atoms with Gasteiger partial charge in [0.15, 0.2) is 0 Å². The van der Waals surface area contributed by atoms with E-state index in [4.69, 9.17) is 0 Å². The standard InChI is InChI=1S/C18H27N3O2.ClH/c1-13-4-6-15(7-5-13)17(20-14(2)22)12-18(23)21(3)16-8-10-19-11-9-16;/h4-7,16-17,19H,8-12H2,1-3H3,(H,20,22);1H. The predicted octanol–water partition coefficient (Wildman–Crippen LogP) is 2.19. The number of rotatable bonds is 5. The van der Waals surface area contributed by atoms with Crippen LogP contribution in [0.4, 0.5) is 0 Å². The van der Waals surface area contributed by atoms with Gasteiger partial charge >= 0.3 is 0 Å². The van der Waals surface area contributed by atoms with Gasteiger partial charge in [0, 0.05) is 20.0 Å². The summed E-state index contributed by atoms with van der Waals surface area (Å²) >= 11 is 0. The molecule has 1 aromatic rings. The van der Waals surface area contributed by atoms with Crippen molar-refractivity contribution in [2.75, 3.05) is 20.1 Å². The number of halogens is 1. The van der Waals surface area contributed by atoms with Crippen LogP contribution in [-0.2, 0) is 9.59 Å². The van der Waals surface area contributed by atoms with Crippen LogP contribution < -0.4 is 10.6 Å². The maximum atomic E-state index is 12.6. The van der Waals surface area contributed by atoms with Gasteiger partial charge in [-0.1, -0.05) is 29.8 Å². The summed E-state index contributed by atoms with van der Waals surface area (Å²) in [6.07, 6.45) is 2.26. The lowest BCUT2D eigenvalue weighted by Crippen LogP contribution is -2.45. The first-order chi connectivity index (χ1) is 11.0. The highest BCUT2D eigenvalue weighted by Crippen LogP contribution is 2.20. The number of nitrogens with zero attached hydrogens (tertiary/aromatic N) is 1. The second-order valence-corrected chi connectivity index (χ2v) is 6.35. The zero-order valence-corrected chi connectivity index (χ0v) is 15.5. The molecule has 2 rings (SSSR count). The third-order valence-corrected chi connectivity index (χ3v) is 4.49. The first-order valence-electron chi connectivity index (χ1n) is 8.27. The fourth-order valence-electron chi connectivity index (χ4n) is 3.01. The van der Waals surface area contributed by atoms with Crippen molar-refractivity contribution in [3.63, 3.8) is 0 Å². The highest BCUT2D eigenvalue weighted by Gasteiger charge is 2.25. The summed E-state index contributed by atoms with van der Waals surface area (Å²) in [7, 11) is 1.87. The van der Waals surface area contributed by atoms with Crippen molar-refractivity contribution in [2.24, 2.45) is 0 Å². The Morgan fingerprint density at radius 2 is 1.83 bits per heavy atom. The van der Waals surface area contributed by atoms with Gasteiger partial charge in [-0.05, 0) is 38.4 Å². The van der Waals surface area contributed by atoms with Crippen molar-refractivity contribution in [1.82, 2.24) is 15.5 Å². The van der Waals surface area contributed by atoms with E-state index in [0.29, 0.717) is 12.5 Å². The van der Waals surface area contributed by atoms with E-state index in [1.165, 1.54) is 6.92 Å². The van der Waals surface area contributed by atoms with Gasteiger partial charge in [0.2, 0.25) is 11.8 Å². The molecule has 2 amide bonds. The smallest absolute Gasteiger partial charge is 0.224 e. The predicted molar refractivity (Wildman–Crippen MR) is 98.3 cm³/mol. The molecule has 0 aliphatic carbocycles. The van der Waals surface area contributed by atoms with Gasteiger partial charge in [-0.25, -0.2) is 0 Å². The summed E-state index contributed by atoms with van der Waals surface area (Å²) in [5.41, 5.74) is 2.13. The maximum absolute atomic E-state index is 12.6. The third kappa shape index (κ3) is 5.80. The normalized spacial score (nSPS) is 16.0. The van der Waals surface area contributed by atoms with Gasteiger partial charge in [0.1, 0.15) is 0 Å². The Balaban J connectivity index is 0.00000288. The number of aryl methyl sites for hydroxylation is 1. The highest BCUT2D eigenvalue weighted by atomic mass is 35.5. The fourth-order valence-corrected chi connectivity index (χ4v) is 3.01. The number of piperidine rings is 1. The van der Waals surface area contributed by atoms with Crippen molar-refractivity contribution >= 4 is 24.2 Å². The molecule has 1 unspecified atom stereocenters. The number of carbonyl (C=O) groups is 2. The Hall–Kier alpha value is -1.59. The van der Waals surface area contributed by atoms with Crippen molar-refractivity contribution in [1.29, 1.82) is 0 Å². The summed E-state index contributed by atoms with van der Waals surface area (Å²) < 4.78 is 0. The minimum Gasteiger partial charge on any atom is -0.349 e. The van der Waals surface area contributed by atoms with Crippen molar-refractivity contribution < 1.29 is 9.59 Å². The SMILES string of the molecule is CC(=O)NC(CC(=O)N(C)C1CCNCC1)c1ccc(C)cc1.Cl. The van der Waals surface area contributed by atoms with Crippen LogP contribution in [0.25, 0.3) is 0 Å². The molecule has 1 fully saturated rings. The van der Waals surface area contributed by atoms with Gasteiger partial charge in [-0.3, -0.25) is 9.59 Å².